The number of hydrogen-bond donors (Lipinski definition) is 2. The third kappa shape index (κ3) is 7.98. The molecule has 1 saturated carbocycles. The molecule has 6 nitrogen and oxygen atoms in total. The average molecular weight is 480 g/mol. The maximum absolute atomic E-state index is 12.6. The van der Waals surface area contributed by atoms with E-state index >= 15 is 0 Å². The highest BCUT2D eigenvalue weighted by molar-refractivity contribution is 14.0. The van der Waals surface area contributed by atoms with Crippen LogP contribution in [0, 0.1) is 11.8 Å². The number of ether oxygens (including phenoxy) is 1. The number of amides is 1. The molecule has 1 amide bonds. The van der Waals surface area contributed by atoms with Crippen LogP contribution in [-0.4, -0.2) is 62.7 Å². The third-order valence-electron chi connectivity index (χ3n) is 5.01. The first-order valence-electron chi connectivity index (χ1n) is 9.94. The van der Waals surface area contributed by atoms with Gasteiger partial charge in [-0.2, -0.15) is 0 Å². The Morgan fingerprint density at radius 1 is 1.23 bits per heavy atom. The highest BCUT2D eigenvalue weighted by Crippen LogP contribution is 2.26. The number of guanidine groups is 1. The summed E-state index contributed by atoms with van der Waals surface area (Å²) in [5.41, 5.74) is 0. The van der Waals surface area contributed by atoms with Crippen molar-refractivity contribution in [2.45, 2.75) is 58.4 Å². The van der Waals surface area contributed by atoms with Gasteiger partial charge in [-0.1, -0.05) is 33.1 Å². The molecule has 1 aliphatic carbocycles. The molecule has 2 rings (SSSR count). The number of halogens is 1. The molecule has 1 aliphatic heterocycles. The van der Waals surface area contributed by atoms with Gasteiger partial charge in [0.25, 0.3) is 0 Å². The second-order valence-corrected chi connectivity index (χ2v) is 7.72. The highest BCUT2D eigenvalue weighted by Gasteiger charge is 2.31. The molecule has 2 N–H and O–H groups in total. The topological polar surface area (TPSA) is 66.0 Å². The second kappa shape index (κ2) is 12.8. The summed E-state index contributed by atoms with van der Waals surface area (Å²) in [6, 6.07) is 0.287. The lowest BCUT2D eigenvalue weighted by atomic mass is 9.88. The molecular weight excluding hydrogens is 443 g/mol. The lowest BCUT2D eigenvalue weighted by Crippen LogP contribution is -2.46. The van der Waals surface area contributed by atoms with Crippen molar-refractivity contribution >= 4 is 35.8 Å². The third-order valence-corrected chi connectivity index (χ3v) is 5.01. The van der Waals surface area contributed by atoms with Crippen LogP contribution in [-0.2, 0) is 9.53 Å². The molecule has 2 fully saturated rings. The summed E-state index contributed by atoms with van der Waals surface area (Å²) in [7, 11) is 1.78. The fourth-order valence-corrected chi connectivity index (χ4v) is 3.63. The van der Waals surface area contributed by atoms with Crippen molar-refractivity contribution in [3.05, 3.63) is 0 Å². The Morgan fingerprint density at radius 2 is 1.96 bits per heavy atom. The van der Waals surface area contributed by atoms with E-state index < -0.39 is 0 Å². The van der Waals surface area contributed by atoms with Crippen molar-refractivity contribution in [2.75, 3.05) is 39.9 Å². The molecule has 0 aromatic heterocycles. The van der Waals surface area contributed by atoms with Crippen LogP contribution in [0.3, 0.4) is 0 Å². The maximum Gasteiger partial charge on any atom is 0.225 e. The zero-order valence-electron chi connectivity index (χ0n) is 16.6. The van der Waals surface area contributed by atoms with Gasteiger partial charge in [0.1, 0.15) is 0 Å². The van der Waals surface area contributed by atoms with Crippen molar-refractivity contribution in [2.24, 2.45) is 16.8 Å². The van der Waals surface area contributed by atoms with Crippen molar-refractivity contribution in [1.29, 1.82) is 0 Å². The normalized spacial score (nSPS) is 21.6. The van der Waals surface area contributed by atoms with Crippen LogP contribution in [0.5, 0.6) is 0 Å². The Balaban J connectivity index is 0.00000338. The van der Waals surface area contributed by atoms with Gasteiger partial charge in [-0.05, 0) is 25.2 Å². The average Bonchev–Trinajstić information content (AvgIpc) is 3.08. The Kier molecular flexibility index (Phi) is 11.5. The van der Waals surface area contributed by atoms with Gasteiger partial charge < -0.3 is 20.3 Å². The van der Waals surface area contributed by atoms with Crippen molar-refractivity contribution in [3.8, 4) is 0 Å². The van der Waals surface area contributed by atoms with Crippen LogP contribution in [0.1, 0.15) is 52.4 Å². The number of rotatable bonds is 7. The van der Waals surface area contributed by atoms with Gasteiger partial charge >= 0.3 is 0 Å². The highest BCUT2D eigenvalue weighted by atomic mass is 127. The van der Waals surface area contributed by atoms with Gasteiger partial charge in [0.15, 0.2) is 5.96 Å². The standard InChI is InChI=1S/C19H36N4O2.HI/c1-15(2)14-25-12-10-21-19(20-3)22-17-9-11-23(13-17)18(24)16-7-5-4-6-8-16;/h15-17H,4-14H2,1-3H3,(H2,20,21,22);1H. The number of carbonyl (C=O) groups is 1. The molecule has 152 valence electrons. The number of carbonyl (C=O) groups excluding carboxylic acids is 1. The molecule has 1 atom stereocenters. The number of nitrogens with one attached hydrogen (secondary N) is 2. The molecular formula is C19H37IN4O2. The molecule has 0 bridgehead atoms. The van der Waals surface area contributed by atoms with Crippen LogP contribution < -0.4 is 10.6 Å². The van der Waals surface area contributed by atoms with Crippen molar-refractivity contribution < 1.29 is 9.53 Å². The lowest BCUT2D eigenvalue weighted by molar-refractivity contribution is -0.135. The molecule has 7 heteroatoms. The molecule has 1 heterocycles. The maximum atomic E-state index is 12.6. The van der Waals surface area contributed by atoms with E-state index in [0.717, 1.165) is 51.5 Å². The zero-order valence-corrected chi connectivity index (χ0v) is 19.0. The minimum Gasteiger partial charge on any atom is -0.379 e. The number of hydrogen-bond acceptors (Lipinski definition) is 3. The van der Waals surface area contributed by atoms with Gasteiger partial charge in [-0.3, -0.25) is 9.79 Å². The van der Waals surface area contributed by atoms with Crippen LogP contribution in [0.25, 0.3) is 0 Å². The van der Waals surface area contributed by atoms with E-state index in [4.69, 9.17) is 4.74 Å². The van der Waals surface area contributed by atoms with Gasteiger partial charge in [-0.15, -0.1) is 24.0 Å². The van der Waals surface area contributed by atoms with E-state index in [1.165, 1.54) is 19.3 Å². The lowest BCUT2D eigenvalue weighted by Gasteiger charge is -2.26. The predicted octanol–water partition coefficient (Wildman–Crippen LogP) is 2.62. The summed E-state index contributed by atoms with van der Waals surface area (Å²) < 4.78 is 5.58. The van der Waals surface area contributed by atoms with E-state index in [0.29, 0.717) is 18.4 Å². The van der Waals surface area contributed by atoms with Crippen LogP contribution >= 0.6 is 24.0 Å². The molecule has 1 unspecified atom stereocenters. The van der Waals surface area contributed by atoms with Crippen molar-refractivity contribution in [3.63, 3.8) is 0 Å². The Bertz CT molecular complexity index is 439. The van der Waals surface area contributed by atoms with Gasteiger partial charge in [0, 0.05) is 45.2 Å². The second-order valence-electron chi connectivity index (χ2n) is 7.72. The largest absolute Gasteiger partial charge is 0.379 e. The Labute approximate surface area is 175 Å². The summed E-state index contributed by atoms with van der Waals surface area (Å²) in [6.07, 6.45) is 6.85. The number of nitrogens with zero attached hydrogens (tertiary/aromatic N) is 2. The summed E-state index contributed by atoms with van der Waals surface area (Å²) >= 11 is 0. The van der Waals surface area contributed by atoms with Gasteiger partial charge in [-0.25, -0.2) is 0 Å². The molecule has 0 radical (unpaired) electrons. The predicted molar refractivity (Wildman–Crippen MR) is 117 cm³/mol. The molecule has 26 heavy (non-hydrogen) atoms. The summed E-state index contributed by atoms with van der Waals surface area (Å²) in [6.45, 7) is 8.15. The first kappa shape index (κ1) is 23.5. The molecule has 0 aromatic rings. The van der Waals surface area contributed by atoms with Gasteiger partial charge in [0.2, 0.25) is 5.91 Å². The van der Waals surface area contributed by atoms with E-state index in [-0.39, 0.29) is 35.9 Å². The van der Waals surface area contributed by atoms with E-state index in [1.807, 2.05) is 4.90 Å². The molecule has 1 saturated heterocycles. The molecule has 2 aliphatic rings. The minimum absolute atomic E-state index is 0. The number of aliphatic imine (C=N–C) groups is 1. The van der Waals surface area contributed by atoms with E-state index in [1.54, 1.807) is 7.05 Å². The number of likely N-dealkylation sites (tertiary alicyclic amines) is 1. The SMILES string of the molecule is CN=C(NCCOCC(C)C)NC1CCN(C(=O)C2CCCCC2)C1.I. The monoisotopic (exact) mass is 480 g/mol. The summed E-state index contributed by atoms with van der Waals surface area (Å²) in [5, 5.41) is 6.73. The Hall–Kier alpha value is -0.570. The summed E-state index contributed by atoms with van der Waals surface area (Å²) in [5.74, 6) is 1.99. The Morgan fingerprint density at radius 3 is 2.62 bits per heavy atom. The zero-order chi connectivity index (χ0) is 18.1. The summed E-state index contributed by atoms with van der Waals surface area (Å²) in [4.78, 5) is 19.0. The van der Waals surface area contributed by atoms with E-state index in [9.17, 15) is 4.79 Å². The minimum atomic E-state index is 0. The molecule has 0 spiro atoms. The first-order valence-corrected chi connectivity index (χ1v) is 9.94. The van der Waals surface area contributed by atoms with Crippen molar-refractivity contribution in [1.82, 2.24) is 15.5 Å². The quantitative estimate of drug-likeness (QED) is 0.255. The van der Waals surface area contributed by atoms with Crippen LogP contribution in [0.15, 0.2) is 4.99 Å². The van der Waals surface area contributed by atoms with E-state index in [2.05, 4.69) is 29.5 Å². The first-order chi connectivity index (χ1) is 12.1. The van der Waals surface area contributed by atoms with Crippen LogP contribution in [0.2, 0.25) is 0 Å². The molecule has 0 aromatic carbocycles. The smallest absolute Gasteiger partial charge is 0.225 e. The van der Waals surface area contributed by atoms with Gasteiger partial charge in [0.05, 0.1) is 6.61 Å². The van der Waals surface area contributed by atoms with Crippen LogP contribution in [0.4, 0.5) is 0 Å². The fraction of sp³-hybridized carbons (Fsp3) is 0.895. The fourth-order valence-electron chi connectivity index (χ4n) is 3.63.